The Morgan fingerprint density at radius 3 is 2.62 bits per heavy atom. The van der Waals surface area contributed by atoms with E-state index in [9.17, 15) is 27.3 Å². The van der Waals surface area contributed by atoms with Crippen LogP contribution in [0.1, 0.15) is 6.92 Å². The van der Waals surface area contributed by atoms with Gasteiger partial charge in [-0.3, -0.25) is 10.1 Å². The average Bonchev–Trinajstić information content (AvgIpc) is 2.38. The number of piperazine rings is 1. The minimum absolute atomic E-state index is 0.105. The van der Waals surface area contributed by atoms with Gasteiger partial charge in [-0.15, -0.1) is 0 Å². The predicted octanol–water partition coefficient (Wildman–Crippen LogP) is 0.855. The van der Waals surface area contributed by atoms with Crippen molar-refractivity contribution >= 4 is 15.7 Å². The zero-order chi connectivity index (χ0) is 15.8. The van der Waals surface area contributed by atoms with Crippen molar-refractivity contribution in [1.82, 2.24) is 9.62 Å². The molecule has 0 bridgehead atoms. The van der Waals surface area contributed by atoms with Gasteiger partial charge in [-0.1, -0.05) is 0 Å². The summed E-state index contributed by atoms with van der Waals surface area (Å²) in [4.78, 5) is 8.70. The number of rotatable bonds is 3. The van der Waals surface area contributed by atoms with Gasteiger partial charge in [0.05, 0.1) is 4.92 Å². The maximum absolute atomic E-state index is 13.8. The lowest BCUT2D eigenvalue weighted by Gasteiger charge is -2.32. The maximum atomic E-state index is 13.8. The fourth-order valence-corrected chi connectivity index (χ4v) is 3.86. The fourth-order valence-electron chi connectivity index (χ4n) is 2.16. The molecule has 0 aromatic heterocycles. The highest BCUT2D eigenvalue weighted by molar-refractivity contribution is 7.89. The van der Waals surface area contributed by atoms with E-state index >= 15 is 0 Å². The van der Waals surface area contributed by atoms with E-state index < -0.39 is 43.2 Å². The lowest BCUT2D eigenvalue weighted by atomic mass is 10.3. The third-order valence-corrected chi connectivity index (χ3v) is 5.25. The molecule has 10 heteroatoms. The van der Waals surface area contributed by atoms with Crippen molar-refractivity contribution < 1.29 is 22.1 Å². The lowest BCUT2D eigenvalue weighted by molar-refractivity contribution is -0.387. The molecule has 7 nitrogen and oxygen atoms in total. The summed E-state index contributed by atoms with van der Waals surface area (Å²) in [5, 5.41) is 13.7. The summed E-state index contributed by atoms with van der Waals surface area (Å²) in [6.45, 7) is 2.49. The molecule has 1 aliphatic heterocycles. The van der Waals surface area contributed by atoms with Gasteiger partial charge in [0, 0.05) is 37.8 Å². The van der Waals surface area contributed by atoms with Crippen molar-refractivity contribution in [1.29, 1.82) is 0 Å². The molecule has 0 saturated carbocycles. The van der Waals surface area contributed by atoms with Gasteiger partial charge in [-0.05, 0) is 6.92 Å². The Hall–Kier alpha value is -1.65. The van der Waals surface area contributed by atoms with Gasteiger partial charge in [-0.25, -0.2) is 12.8 Å². The summed E-state index contributed by atoms with van der Waals surface area (Å²) in [6.07, 6.45) is 0. The highest BCUT2D eigenvalue weighted by Gasteiger charge is 2.35. The van der Waals surface area contributed by atoms with Crippen LogP contribution in [0, 0.1) is 21.7 Å². The van der Waals surface area contributed by atoms with Crippen LogP contribution in [0.25, 0.3) is 0 Å². The Bertz CT molecular complexity index is 680. The second-order valence-corrected chi connectivity index (χ2v) is 6.52. The molecule has 1 aliphatic rings. The number of benzene rings is 1. The van der Waals surface area contributed by atoms with Gasteiger partial charge < -0.3 is 5.32 Å². The SMILES string of the molecule is C[C@@H]1CNCCN1S(=O)(=O)c1cc([N+](=O)[O-])c(F)cc1F. The highest BCUT2D eigenvalue weighted by Crippen LogP contribution is 2.28. The molecule has 1 N–H and O–H groups in total. The first-order chi connectivity index (χ1) is 9.75. The van der Waals surface area contributed by atoms with Crippen molar-refractivity contribution in [2.24, 2.45) is 0 Å². The normalized spacial score (nSPS) is 20.4. The van der Waals surface area contributed by atoms with E-state index in [-0.39, 0.29) is 12.6 Å². The Labute approximate surface area is 119 Å². The van der Waals surface area contributed by atoms with E-state index in [0.717, 1.165) is 4.31 Å². The molecule has 1 fully saturated rings. The smallest absolute Gasteiger partial charge is 0.306 e. The molecule has 1 heterocycles. The number of nitro groups is 1. The number of hydrogen-bond acceptors (Lipinski definition) is 5. The molecule has 1 aromatic carbocycles. The van der Waals surface area contributed by atoms with Crippen LogP contribution < -0.4 is 5.32 Å². The van der Waals surface area contributed by atoms with Crippen molar-refractivity contribution in [3.63, 3.8) is 0 Å². The second kappa shape index (κ2) is 5.62. The van der Waals surface area contributed by atoms with Crippen molar-refractivity contribution in [2.45, 2.75) is 17.9 Å². The number of halogens is 2. The first kappa shape index (κ1) is 15.7. The summed E-state index contributed by atoms with van der Waals surface area (Å²) in [5.41, 5.74) is -1.07. The number of nitro benzene ring substituents is 1. The van der Waals surface area contributed by atoms with E-state index in [1.165, 1.54) is 0 Å². The Balaban J connectivity index is 2.54. The Kier molecular flexibility index (Phi) is 4.21. The standard InChI is InChI=1S/C11H13F2N3O4S/c1-7-6-14-2-3-15(7)21(19,20)11-5-10(16(17)18)8(12)4-9(11)13/h4-5,7,14H,2-3,6H2,1H3/t7-/m1/s1. The van der Waals surface area contributed by atoms with Gasteiger partial charge in [0.1, 0.15) is 10.7 Å². The number of sulfonamides is 1. The van der Waals surface area contributed by atoms with E-state index in [1.807, 2.05) is 0 Å². The lowest BCUT2D eigenvalue weighted by Crippen LogP contribution is -2.52. The average molecular weight is 321 g/mol. The maximum Gasteiger partial charge on any atom is 0.306 e. The molecule has 0 spiro atoms. The van der Waals surface area contributed by atoms with E-state index in [2.05, 4.69) is 5.32 Å². The zero-order valence-electron chi connectivity index (χ0n) is 11.0. The quantitative estimate of drug-likeness (QED) is 0.658. The summed E-state index contributed by atoms with van der Waals surface area (Å²) in [7, 11) is -4.27. The van der Waals surface area contributed by atoms with Crippen LogP contribution in [0.2, 0.25) is 0 Å². The molecule has 0 amide bonds. The molecule has 2 rings (SSSR count). The van der Waals surface area contributed by atoms with Gasteiger partial charge in [0.2, 0.25) is 15.8 Å². The third-order valence-electron chi connectivity index (χ3n) is 3.23. The van der Waals surface area contributed by atoms with Gasteiger partial charge >= 0.3 is 5.69 Å². The molecule has 21 heavy (non-hydrogen) atoms. The fraction of sp³-hybridized carbons (Fsp3) is 0.455. The van der Waals surface area contributed by atoms with Crippen LogP contribution in [0.4, 0.5) is 14.5 Å². The van der Waals surface area contributed by atoms with Crippen LogP contribution >= 0.6 is 0 Å². The van der Waals surface area contributed by atoms with Crippen LogP contribution in [0.15, 0.2) is 17.0 Å². The van der Waals surface area contributed by atoms with Crippen LogP contribution in [0.5, 0.6) is 0 Å². The third kappa shape index (κ3) is 2.87. The van der Waals surface area contributed by atoms with Crippen molar-refractivity contribution in [3.8, 4) is 0 Å². The second-order valence-electron chi connectivity index (χ2n) is 4.66. The topological polar surface area (TPSA) is 92.6 Å². The predicted molar refractivity (Wildman–Crippen MR) is 69.2 cm³/mol. The summed E-state index contributed by atoms with van der Waals surface area (Å²) in [6, 6.07) is 0.208. The van der Waals surface area contributed by atoms with Gasteiger partial charge in [0.25, 0.3) is 0 Å². The minimum Gasteiger partial charge on any atom is -0.314 e. The molecule has 1 atom stereocenters. The number of hydrogen-bond donors (Lipinski definition) is 1. The molecule has 0 unspecified atom stereocenters. The van der Waals surface area contributed by atoms with E-state index in [0.29, 0.717) is 19.2 Å². The zero-order valence-corrected chi connectivity index (χ0v) is 11.9. The first-order valence-corrected chi connectivity index (χ1v) is 7.55. The van der Waals surface area contributed by atoms with Crippen molar-refractivity contribution in [3.05, 3.63) is 33.9 Å². The van der Waals surface area contributed by atoms with E-state index in [1.54, 1.807) is 6.92 Å². The minimum atomic E-state index is -4.27. The van der Waals surface area contributed by atoms with Crippen LogP contribution in [-0.4, -0.2) is 43.3 Å². The largest absolute Gasteiger partial charge is 0.314 e. The summed E-state index contributed by atoms with van der Waals surface area (Å²) >= 11 is 0. The van der Waals surface area contributed by atoms with E-state index in [4.69, 9.17) is 0 Å². The first-order valence-electron chi connectivity index (χ1n) is 6.11. The molecule has 116 valence electrons. The monoisotopic (exact) mass is 321 g/mol. The Morgan fingerprint density at radius 2 is 2.05 bits per heavy atom. The highest BCUT2D eigenvalue weighted by atomic mass is 32.2. The molecule has 1 saturated heterocycles. The molecule has 1 aromatic rings. The van der Waals surface area contributed by atoms with Crippen molar-refractivity contribution in [2.75, 3.05) is 19.6 Å². The van der Waals surface area contributed by atoms with Crippen LogP contribution in [0.3, 0.4) is 0 Å². The molecular weight excluding hydrogens is 308 g/mol. The summed E-state index contributed by atoms with van der Waals surface area (Å²) in [5.74, 6) is -2.76. The molecule has 0 radical (unpaired) electrons. The number of nitrogens with zero attached hydrogens (tertiary/aromatic N) is 2. The molecule has 0 aliphatic carbocycles. The summed E-state index contributed by atoms with van der Waals surface area (Å²) < 4.78 is 53.0. The molecular formula is C11H13F2N3O4S. The number of nitrogens with one attached hydrogen (secondary N) is 1. The van der Waals surface area contributed by atoms with Gasteiger partial charge in [-0.2, -0.15) is 8.70 Å². The Morgan fingerprint density at radius 1 is 1.38 bits per heavy atom. The van der Waals surface area contributed by atoms with Crippen LogP contribution in [-0.2, 0) is 10.0 Å². The van der Waals surface area contributed by atoms with Gasteiger partial charge in [0.15, 0.2) is 0 Å².